The van der Waals surface area contributed by atoms with Crippen LogP contribution in [0.4, 0.5) is 5.69 Å². The van der Waals surface area contributed by atoms with Crippen molar-refractivity contribution in [2.75, 3.05) is 5.32 Å². The first-order valence-corrected chi connectivity index (χ1v) is 10.4. The molecular weight excluding hydrogens is 376 g/mol. The number of nitrogens with one attached hydrogen (secondary N) is 1. The highest BCUT2D eigenvalue weighted by Crippen LogP contribution is 2.31. The monoisotopic (exact) mass is 398 g/mol. The van der Waals surface area contributed by atoms with Crippen molar-refractivity contribution in [1.82, 2.24) is 4.57 Å². The van der Waals surface area contributed by atoms with Gasteiger partial charge in [0.25, 0.3) is 0 Å². The van der Waals surface area contributed by atoms with Crippen LogP contribution in [0, 0.1) is 20.8 Å². The molecule has 140 valence electrons. The van der Waals surface area contributed by atoms with Gasteiger partial charge in [0.15, 0.2) is 0 Å². The van der Waals surface area contributed by atoms with E-state index in [0.717, 1.165) is 27.6 Å². The van der Waals surface area contributed by atoms with E-state index >= 15 is 0 Å². The maximum atomic E-state index is 12.2. The predicted molar refractivity (Wildman–Crippen MR) is 113 cm³/mol. The summed E-state index contributed by atoms with van der Waals surface area (Å²) >= 11 is 2.88. The van der Waals surface area contributed by atoms with Crippen LogP contribution in [0.5, 0.6) is 0 Å². The minimum atomic E-state index is -0.0951. The first-order chi connectivity index (χ1) is 12.9. The highest BCUT2D eigenvalue weighted by atomic mass is 32.2. The van der Waals surface area contributed by atoms with Gasteiger partial charge in [-0.3, -0.25) is 9.59 Å². The van der Waals surface area contributed by atoms with E-state index in [0.29, 0.717) is 6.54 Å². The minimum Gasteiger partial charge on any atom is -0.326 e. The number of nitrogens with zero attached hydrogens (tertiary/aromatic N) is 1. The number of rotatable bonds is 6. The number of aromatic nitrogens is 1. The number of hydrogen-bond donors (Lipinski definition) is 1. The summed E-state index contributed by atoms with van der Waals surface area (Å²) in [5.41, 5.74) is 4.18. The molecule has 4 nitrogen and oxygen atoms in total. The number of amides is 1. The molecule has 1 N–H and O–H groups in total. The van der Waals surface area contributed by atoms with Gasteiger partial charge in [-0.15, -0.1) is 0 Å². The first kappa shape index (κ1) is 19.5. The van der Waals surface area contributed by atoms with Gasteiger partial charge in [-0.2, -0.15) is 0 Å². The normalized spacial score (nSPS) is 10.8. The summed E-state index contributed by atoms with van der Waals surface area (Å²) < 4.78 is 1.63. The Hall–Kier alpha value is -2.31. The topological polar surface area (TPSA) is 51.1 Å². The number of anilines is 1. The van der Waals surface area contributed by atoms with Crippen molar-refractivity contribution in [3.63, 3.8) is 0 Å². The Balaban J connectivity index is 1.57. The molecule has 0 bridgehead atoms. The smallest absolute Gasteiger partial charge is 0.307 e. The standard InChI is InChI=1S/C21H22N2O2S2/c1-14-4-9-19(15(2)12-14)27-18-7-5-17(6-8-18)22-20(24)10-11-23-16(3)13-26-21(23)25/h4-9,12-13H,10-11H2,1-3H3,(H,22,24). The Morgan fingerprint density at radius 3 is 2.48 bits per heavy atom. The van der Waals surface area contributed by atoms with Crippen LogP contribution in [0.2, 0.25) is 0 Å². The van der Waals surface area contributed by atoms with E-state index in [1.165, 1.54) is 16.0 Å². The number of aryl methyl sites for hydroxylation is 3. The summed E-state index contributed by atoms with van der Waals surface area (Å²) in [7, 11) is 0. The third-order valence-corrected chi connectivity index (χ3v) is 6.30. The van der Waals surface area contributed by atoms with E-state index in [-0.39, 0.29) is 17.2 Å². The van der Waals surface area contributed by atoms with Crippen LogP contribution in [0.1, 0.15) is 23.2 Å². The van der Waals surface area contributed by atoms with Gasteiger partial charge in [0.05, 0.1) is 0 Å². The fourth-order valence-corrected chi connectivity index (χ4v) is 4.40. The van der Waals surface area contributed by atoms with Gasteiger partial charge in [0.2, 0.25) is 5.91 Å². The summed E-state index contributed by atoms with van der Waals surface area (Å²) in [6.07, 6.45) is 0.274. The van der Waals surface area contributed by atoms with E-state index in [2.05, 4.69) is 37.4 Å². The number of benzene rings is 2. The quantitative estimate of drug-likeness (QED) is 0.635. The lowest BCUT2D eigenvalue weighted by atomic mass is 10.2. The molecule has 0 radical (unpaired) electrons. The molecule has 1 amide bonds. The van der Waals surface area contributed by atoms with Crippen molar-refractivity contribution < 1.29 is 4.79 Å². The van der Waals surface area contributed by atoms with E-state index in [1.807, 2.05) is 36.6 Å². The van der Waals surface area contributed by atoms with E-state index in [9.17, 15) is 9.59 Å². The van der Waals surface area contributed by atoms with Crippen LogP contribution < -0.4 is 10.2 Å². The number of carbonyl (C=O) groups excluding carboxylic acids is 1. The molecule has 0 fully saturated rings. The average Bonchev–Trinajstić information content (AvgIpc) is 2.95. The van der Waals surface area contributed by atoms with Gasteiger partial charge in [0.1, 0.15) is 0 Å². The molecule has 6 heteroatoms. The number of carbonyl (C=O) groups is 1. The molecule has 3 rings (SSSR count). The van der Waals surface area contributed by atoms with Crippen molar-refractivity contribution in [2.45, 2.75) is 43.5 Å². The zero-order chi connectivity index (χ0) is 19.4. The van der Waals surface area contributed by atoms with Gasteiger partial charge >= 0.3 is 4.87 Å². The van der Waals surface area contributed by atoms with Gasteiger partial charge in [-0.1, -0.05) is 40.8 Å². The SMILES string of the molecule is Cc1ccc(Sc2ccc(NC(=O)CCn3c(C)csc3=O)cc2)c(C)c1. The van der Waals surface area contributed by atoms with Gasteiger partial charge in [-0.25, -0.2) is 0 Å². The highest BCUT2D eigenvalue weighted by molar-refractivity contribution is 7.99. The van der Waals surface area contributed by atoms with Crippen LogP contribution in [0.25, 0.3) is 0 Å². The Kier molecular flexibility index (Phi) is 6.19. The van der Waals surface area contributed by atoms with E-state index < -0.39 is 0 Å². The number of thiazole rings is 1. The Morgan fingerprint density at radius 2 is 1.85 bits per heavy atom. The maximum Gasteiger partial charge on any atom is 0.307 e. The molecule has 0 aliphatic rings. The third kappa shape index (κ3) is 5.11. The molecule has 1 aromatic heterocycles. The third-order valence-electron chi connectivity index (χ3n) is 4.24. The van der Waals surface area contributed by atoms with Crippen LogP contribution in [-0.2, 0) is 11.3 Å². The summed E-state index contributed by atoms with van der Waals surface area (Å²) in [5, 5.41) is 4.70. The molecular formula is C21H22N2O2S2. The zero-order valence-electron chi connectivity index (χ0n) is 15.6. The molecule has 1 heterocycles. The molecule has 0 saturated heterocycles. The summed E-state index contributed by atoms with van der Waals surface area (Å²) in [6.45, 7) is 6.49. The van der Waals surface area contributed by atoms with Crippen LogP contribution in [0.3, 0.4) is 0 Å². The van der Waals surface area contributed by atoms with Crippen molar-refractivity contribution in [1.29, 1.82) is 0 Å². The Labute approximate surface area is 167 Å². The Bertz CT molecular complexity index is 1000. The molecule has 0 aliphatic heterocycles. The predicted octanol–water partition coefficient (Wildman–Crippen LogP) is 5.02. The molecule has 3 aromatic rings. The maximum absolute atomic E-state index is 12.2. The molecule has 0 saturated carbocycles. The lowest BCUT2D eigenvalue weighted by Crippen LogP contribution is -2.20. The Morgan fingerprint density at radius 1 is 1.11 bits per heavy atom. The van der Waals surface area contributed by atoms with Crippen molar-refractivity contribution in [3.05, 3.63) is 74.3 Å². The lowest BCUT2D eigenvalue weighted by Gasteiger charge is -2.09. The first-order valence-electron chi connectivity index (χ1n) is 8.72. The van der Waals surface area contributed by atoms with Crippen LogP contribution in [-0.4, -0.2) is 10.5 Å². The second kappa shape index (κ2) is 8.59. The second-order valence-electron chi connectivity index (χ2n) is 6.49. The van der Waals surface area contributed by atoms with Gasteiger partial charge < -0.3 is 9.88 Å². The molecule has 0 atom stereocenters. The van der Waals surface area contributed by atoms with Gasteiger partial charge in [0, 0.05) is 39.5 Å². The lowest BCUT2D eigenvalue weighted by molar-refractivity contribution is -0.116. The molecule has 2 aromatic carbocycles. The van der Waals surface area contributed by atoms with Crippen LogP contribution in [0.15, 0.2) is 62.4 Å². The summed E-state index contributed by atoms with van der Waals surface area (Å²) in [5.74, 6) is -0.0951. The molecule has 0 aliphatic carbocycles. The average molecular weight is 399 g/mol. The van der Waals surface area contributed by atoms with Crippen molar-refractivity contribution >= 4 is 34.7 Å². The molecule has 0 spiro atoms. The second-order valence-corrected chi connectivity index (χ2v) is 8.42. The fraction of sp³-hybridized carbons (Fsp3) is 0.238. The number of hydrogen-bond acceptors (Lipinski definition) is 4. The van der Waals surface area contributed by atoms with Crippen LogP contribution >= 0.6 is 23.1 Å². The van der Waals surface area contributed by atoms with E-state index in [4.69, 9.17) is 0 Å². The fourth-order valence-electron chi connectivity index (χ4n) is 2.76. The summed E-state index contributed by atoms with van der Waals surface area (Å²) in [4.78, 5) is 26.2. The largest absolute Gasteiger partial charge is 0.326 e. The highest BCUT2D eigenvalue weighted by Gasteiger charge is 2.07. The molecule has 0 unspecified atom stereocenters. The van der Waals surface area contributed by atoms with E-state index in [1.54, 1.807) is 16.3 Å². The minimum absolute atomic E-state index is 0.0203. The molecule has 27 heavy (non-hydrogen) atoms. The summed E-state index contributed by atoms with van der Waals surface area (Å²) in [6, 6.07) is 14.3. The van der Waals surface area contributed by atoms with Crippen molar-refractivity contribution in [2.24, 2.45) is 0 Å². The van der Waals surface area contributed by atoms with Gasteiger partial charge in [-0.05, 0) is 56.7 Å². The van der Waals surface area contributed by atoms with Crippen molar-refractivity contribution in [3.8, 4) is 0 Å². The zero-order valence-corrected chi connectivity index (χ0v) is 17.2.